The molecule has 0 amide bonds. The molecule has 11 heteroatoms. The van der Waals surface area contributed by atoms with Crippen molar-refractivity contribution >= 4 is 30.8 Å². The van der Waals surface area contributed by atoms with E-state index in [1.165, 1.54) is 4.80 Å². The van der Waals surface area contributed by atoms with Gasteiger partial charge in [0.1, 0.15) is 17.1 Å². The Morgan fingerprint density at radius 3 is 2.45 bits per heavy atom. The predicted molar refractivity (Wildman–Crippen MR) is 125 cm³/mol. The highest BCUT2D eigenvalue weighted by Crippen LogP contribution is 2.31. The molecule has 168 valence electrons. The normalized spacial score (nSPS) is 16.0. The van der Waals surface area contributed by atoms with Crippen LogP contribution in [0.1, 0.15) is 27.2 Å². The third-order valence-electron chi connectivity index (χ3n) is 4.83. The first-order valence-corrected chi connectivity index (χ1v) is 9.71. The zero-order valence-corrected chi connectivity index (χ0v) is 19.6. The summed E-state index contributed by atoms with van der Waals surface area (Å²) in [6.45, 7) is 8.27. The minimum atomic E-state index is 0. The maximum atomic E-state index is 10.5. The van der Waals surface area contributed by atoms with Crippen molar-refractivity contribution in [2.45, 2.75) is 38.8 Å². The zero-order chi connectivity index (χ0) is 20.6. The number of hydrogen-bond acceptors (Lipinski definition) is 8. The van der Waals surface area contributed by atoms with Crippen LogP contribution in [0.2, 0.25) is 0 Å². The second-order valence-corrected chi connectivity index (χ2v) is 8.42. The first-order valence-electron chi connectivity index (χ1n) is 9.71. The van der Waals surface area contributed by atoms with Crippen molar-refractivity contribution < 1.29 is 5.11 Å². The number of phenolic OH excluding ortho intramolecular Hbond substituents is 1. The fourth-order valence-electron chi connectivity index (χ4n) is 3.60. The number of nitrogens with one attached hydrogen (secondary N) is 1. The lowest BCUT2D eigenvalue weighted by molar-refractivity contribution is 0.373. The summed E-state index contributed by atoms with van der Waals surface area (Å²) in [5.74, 6) is 0.718. The first kappa shape index (κ1) is 24.8. The molecular formula is C20H28Cl2N8O. The standard InChI is InChI=1S/C20H26N8O.2ClH/c1-20(2,3)23-14-7-8-28(12-14)19-21-10-17(24-25-19)15-6-5-13(9-18(15)29)16-11-22-27(4)26-16;;/h5-6,9-11,14,23,29H,7-8,12H2,1-4H3;2*1H. The summed E-state index contributed by atoms with van der Waals surface area (Å²) >= 11 is 0. The molecule has 1 aliphatic heterocycles. The van der Waals surface area contributed by atoms with E-state index in [1.807, 2.05) is 6.07 Å². The number of phenols is 1. The van der Waals surface area contributed by atoms with Crippen LogP contribution in [-0.4, -0.2) is 60.0 Å². The van der Waals surface area contributed by atoms with Crippen molar-refractivity contribution in [3.05, 3.63) is 30.6 Å². The molecule has 4 rings (SSSR count). The SMILES string of the molecule is Cl.Cl.Cn1ncc(-c2ccc(-c3cnc(N4CCC(NC(C)(C)C)C4)nn3)c(O)c2)n1. The average molecular weight is 467 g/mol. The minimum absolute atomic E-state index is 0. The highest BCUT2D eigenvalue weighted by molar-refractivity contribution is 5.85. The zero-order valence-electron chi connectivity index (χ0n) is 18.0. The molecule has 0 radical (unpaired) electrons. The third kappa shape index (κ3) is 5.81. The van der Waals surface area contributed by atoms with Crippen LogP contribution < -0.4 is 10.2 Å². The van der Waals surface area contributed by atoms with Gasteiger partial charge in [-0.2, -0.15) is 15.0 Å². The monoisotopic (exact) mass is 466 g/mol. The fraction of sp³-hybridized carbons (Fsp3) is 0.450. The lowest BCUT2D eigenvalue weighted by Gasteiger charge is -2.25. The molecule has 0 spiro atoms. The van der Waals surface area contributed by atoms with E-state index in [2.05, 4.69) is 56.4 Å². The highest BCUT2D eigenvalue weighted by atomic mass is 35.5. The second-order valence-electron chi connectivity index (χ2n) is 8.42. The van der Waals surface area contributed by atoms with Crippen molar-refractivity contribution in [1.29, 1.82) is 0 Å². The number of aryl methyl sites for hydroxylation is 1. The maximum Gasteiger partial charge on any atom is 0.245 e. The number of hydrogen-bond donors (Lipinski definition) is 2. The molecule has 1 unspecified atom stereocenters. The Labute approximate surface area is 194 Å². The highest BCUT2D eigenvalue weighted by Gasteiger charge is 2.27. The lowest BCUT2D eigenvalue weighted by atomic mass is 10.1. The number of rotatable bonds is 4. The molecule has 1 saturated heterocycles. The molecule has 2 N–H and O–H groups in total. The van der Waals surface area contributed by atoms with Crippen molar-refractivity contribution in [2.75, 3.05) is 18.0 Å². The summed E-state index contributed by atoms with van der Waals surface area (Å²) in [5.41, 5.74) is 2.67. The van der Waals surface area contributed by atoms with Crippen LogP contribution in [0.4, 0.5) is 5.95 Å². The molecule has 3 heterocycles. The van der Waals surface area contributed by atoms with Gasteiger partial charge >= 0.3 is 0 Å². The largest absolute Gasteiger partial charge is 0.507 e. The fourth-order valence-corrected chi connectivity index (χ4v) is 3.60. The number of anilines is 1. The van der Waals surface area contributed by atoms with E-state index in [0.29, 0.717) is 28.9 Å². The molecule has 0 saturated carbocycles. The summed E-state index contributed by atoms with van der Waals surface area (Å²) in [7, 11) is 1.75. The van der Waals surface area contributed by atoms with Crippen LogP contribution in [-0.2, 0) is 7.05 Å². The summed E-state index contributed by atoms with van der Waals surface area (Å²) in [4.78, 5) is 8.10. The molecule has 2 aromatic heterocycles. The van der Waals surface area contributed by atoms with E-state index in [1.54, 1.807) is 31.6 Å². The molecular weight excluding hydrogens is 439 g/mol. The second kappa shape index (κ2) is 9.76. The lowest BCUT2D eigenvalue weighted by Crippen LogP contribution is -2.45. The van der Waals surface area contributed by atoms with Gasteiger partial charge in [0.15, 0.2) is 0 Å². The van der Waals surface area contributed by atoms with Gasteiger partial charge in [0.2, 0.25) is 5.95 Å². The quantitative estimate of drug-likeness (QED) is 0.604. The van der Waals surface area contributed by atoms with E-state index in [-0.39, 0.29) is 36.1 Å². The van der Waals surface area contributed by atoms with Gasteiger partial charge in [-0.3, -0.25) is 0 Å². The molecule has 0 bridgehead atoms. The van der Waals surface area contributed by atoms with Crippen LogP contribution in [0.5, 0.6) is 5.75 Å². The minimum Gasteiger partial charge on any atom is -0.507 e. The van der Waals surface area contributed by atoms with E-state index < -0.39 is 0 Å². The molecule has 3 aromatic rings. The van der Waals surface area contributed by atoms with Crippen molar-refractivity contribution in [3.63, 3.8) is 0 Å². The number of aromatic nitrogens is 6. The molecule has 31 heavy (non-hydrogen) atoms. The Morgan fingerprint density at radius 1 is 1.10 bits per heavy atom. The smallest absolute Gasteiger partial charge is 0.245 e. The van der Waals surface area contributed by atoms with Gasteiger partial charge in [0.25, 0.3) is 0 Å². The Balaban J connectivity index is 0.00000171. The molecule has 1 atom stereocenters. The Bertz CT molecular complexity index is 1000. The summed E-state index contributed by atoms with van der Waals surface area (Å²) in [6.07, 6.45) is 4.36. The Morgan fingerprint density at radius 2 is 1.87 bits per heavy atom. The topological polar surface area (TPSA) is 105 Å². The van der Waals surface area contributed by atoms with E-state index >= 15 is 0 Å². The van der Waals surface area contributed by atoms with Crippen LogP contribution >= 0.6 is 24.8 Å². The van der Waals surface area contributed by atoms with Crippen LogP contribution in [0.3, 0.4) is 0 Å². The van der Waals surface area contributed by atoms with Gasteiger partial charge < -0.3 is 15.3 Å². The summed E-state index contributed by atoms with van der Waals surface area (Å²) in [5, 5.41) is 31.0. The van der Waals surface area contributed by atoms with Crippen molar-refractivity contribution in [3.8, 4) is 28.3 Å². The number of benzene rings is 1. The van der Waals surface area contributed by atoms with Crippen LogP contribution in [0.15, 0.2) is 30.6 Å². The number of halogens is 2. The van der Waals surface area contributed by atoms with E-state index in [0.717, 1.165) is 25.1 Å². The van der Waals surface area contributed by atoms with Crippen molar-refractivity contribution in [2.24, 2.45) is 7.05 Å². The van der Waals surface area contributed by atoms with E-state index in [9.17, 15) is 5.11 Å². The molecule has 9 nitrogen and oxygen atoms in total. The molecule has 1 aliphatic rings. The van der Waals surface area contributed by atoms with Crippen molar-refractivity contribution in [1.82, 2.24) is 35.5 Å². The predicted octanol–water partition coefficient (Wildman–Crippen LogP) is 2.85. The van der Waals surface area contributed by atoms with Gasteiger partial charge in [-0.15, -0.1) is 35.0 Å². The summed E-state index contributed by atoms with van der Waals surface area (Å²) in [6, 6.07) is 5.73. The van der Waals surface area contributed by atoms with Gasteiger partial charge in [0.05, 0.1) is 12.4 Å². The Kier molecular flexibility index (Phi) is 7.80. The van der Waals surface area contributed by atoms with Crippen LogP contribution in [0, 0.1) is 0 Å². The van der Waals surface area contributed by atoms with Gasteiger partial charge in [-0.05, 0) is 39.3 Å². The average Bonchev–Trinajstić information content (AvgIpc) is 3.30. The third-order valence-corrected chi connectivity index (χ3v) is 4.83. The van der Waals surface area contributed by atoms with Gasteiger partial charge in [-0.1, -0.05) is 6.07 Å². The maximum absolute atomic E-state index is 10.5. The van der Waals surface area contributed by atoms with Gasteiger partial charge in [0, 0.05) is 42.8 Å². The molecule has 0 aliphatic carbocycles. The number of nitrogens with zero attached hydrogens (tertiary/aromatic N) is 7. The molecule has 1 aromatic carbocycles. The van der Waals surface area contributed by atoms with Crippen LogP contribution in [0.25, 0.3) is 22.5 Å². The van der Waals surface area contributed by atoms with Gasteiger partial charge in [-0.25, -0.2) is 4.98 Å². The summed E-state index contributed by atoms with van der Waals surface area (Å²) < 4.78 is 0. The Hall–Kier alpha value is -2.49. The van der Waals surface area contributed by atoms with E-state index in [4.69, 9.17) is 0 Å². The number of aromatic hydroxyl groups is 1. The molecule has 1 fully saturated rings. The first-order chi connectivity index (χ1) is 13.8.